The van der Waals surface area contributed by atoms with Crippen molar-refractivity contribution < 1.29 is 14.1 Å². The van der Waals surface area contributed by atoms with Gasteiger partial charge in [0.2, 0.25) is 0 Å². The van der Waals surface area contributed by atoms with Gasteiger partial charge in [-0.15, -0.1) is 0 Å². The average molecular weight is 282 g/mol. The summed E-state index contributed by atoms with van der Waals surface area (Å²) < 4.78 is 5.38. The summed E-state index contributed by atoms with van der Waals surface area (Å²) in [5.74, 6) is -0.297. The summed E-state index contributed by atoms with van der Waals surface area (Å²) in [6, 6.07) is 14.7. The number of rotatable bonds is 3. The smallest absolute Gasteiger partial charge is 0.291 e. The normalized spacial score (nSPS) is 10.5. The minimum absolute atomic E-state index is 0.0770. The van der Waals surface area contributed by atoms with Crippen LogP contribution < -0.4 is 5.32 Å². The highest BCUT2D eigenvalue weighted by atomic mass is 16.6. The van der Waals surface area contributed by atoms with Crippen molar-refractivity contribution in [2.24, 2.45) is 0 Å². The zero-order valence-corrected chi connectivity index (χ0v) is 10.8. The van der Waals surface area contributed by atoms with Crippen LogP contribution in [0.2, 0.25) is 0 Å². The summed E-state index contributed by atoms with van der Waals surface area (Å²) in [4.78, 5) is 22.3. The van der Waals surface area contributed by atoms with Crippen molar-refractivity contribution in [1.82, 2.24) is 0 Å². The van der Waals surface area contributed by atoms with Crippen LogP contribution in [-0.4, -0.2) is 10.8 Å². The van der Waals surface area contributed by atoms with E-state index in [0.717, 1.165) is 0 Å². The second-order valence-corrected chi connectivity index (χ2v) is 4.41. The molecule has 0 aliphatic rings. The first-order valence-corrected chi connectivity index (χ1v) is 6.18. The van der Waals surface area contributed by atoms with Gasteiger partial charge in [0.1, 0.15) is 5.58 Å². The predicted octanol–water partition coefficient (Wildman–Crippen LogP) is 3.59. The van der Waals surface area contributed by atoms with Crippen molar-refractivity contribution in [1.29, 1.82) is 0 Å². The van der Waals surface area contributed by atoms with E-state index in [1.165, 1.54) is 12.1 Å². The Morgan fingerprint density at radius 1 is 1.10 bits per heavy atom. The number of anilines is 1. The van der Waals surface area contributed by atoms with Gasteiger partial charge in [-0.25, -0.2) is 0 Å². The Balaban J connectivity index is 1.90. The summed E-state index contributed by atoms with van der Waals surface area (Å²) in [6.07, 6.45) is 0. The summed E-state index contributed by atoms with van der Waals surface area (Å²) in [7, 11) is 0. The van der Waals surface area contributed by atoms with E-state index in [2.05, 4.69) is 5.32 Å². The molecule has 2 aromatic carbocycles. The van der Waals surface area contributed by atoms with E-state index < -0.39 is 10.8 Å². The summed E-state index contributed by atoms with van der Waals surface area (Å²) in [6.45, 7) is 0. The van der Waals surface area contributed by atoms with Crippen LogP contribution in [0.1, 0.15) is 10.6 Å². The molecule has 3 aromatic rings. The van der Waals surface area contributed by atoms with Crippen LogP contribution in [0.4, 0.5) is 11.4 Å². The zero-order valence-electron chi connectivity index (χ0n) is 10.8. The van der Waals surface area contributed by atoms with Crippen LogP contribution in [0, 0.1) is 10.1 Å². The highest BCUT2D eigenvalue weighted by molar-refractivity contribution is 6.04. The third-order valence-electron chi connectivity index (χ3n) is 2.97. The van der Waals surface area contributed by atoms with Crippen molar-refractivity contribution >= 4 is 28.3 Å². The highest BCUT2D eigenvalue weighted by Crippen LogP contribution is 2.24. The lowest BCUT2D eigenvalue weighted by Crippen LogP contribution is -2.10. The van der Waals surface area contributed by atoms with Gasteiger partial charge in [-0.3, -0.25) is 14.9 Å². The van der Waals surface area contributed by atoms with Gasteiger partial charge in [0.25, 0.3) is 11.6 Å². The van der Waals surface area contributed by atoms with E-state index >= 15 is 0 Å². The molecule has 0 fully saturated rings. The van der Waals surface area contributed by atoms with Crippen LogP contribution in [-0.2, 0) is 0 Å². The van der Waals surface area contributed by atoms with Crippen LogP contribution in [0.25, 0.3) is 11.0 Å². The molecule has 1 aromatic heterocycles. The fourth-order valence-electron chi connectivity index (χ4n) is 1.96. The van der Waals surface area contributed by atoms with Gasteiger partial charge in [-0.05, 0) is 24.3 Å². The molecule has 21 heavy (non-hydrogen) atoms. The Bertz CT molecular complexity index is 824. The van der Waals surface area contributed by atoms with E-state index in [4.69, 9.17) is 4.42 Å². The van der Waals surface area contributed by atoms with Crippen molar-refractivity contribution in [3.8, 4) is 0 Å². The molecule has 0 saturated heterocycles. The Hall–Kier alpha value is -3.15. The zero-order chi connectivity index (χ0) is 14.8. The van der Waals surface area contributed by atoms with Gasteiger partial charge < -0.3 is 9.73 Å². The summed E-state index contributed by atoms with van der Waals surface area (Å²) in [5.41, 5.74) is 0.878. The maximum atomic E-state index is 12.1. The number of furan rings is 1. The Labute approximate surface area is 119 Å². The number of carbonyl (C=O) groups excluding carboxylic acids is 1. The molecule has 0 atom stereocenters. The largest absolute Gasteiger partial charge is 0.451 e. The molecular weight excluding hydrogens is 272 g/mol. The quantitative estimate of drug-likeness (QED) is 0.587. The van der Waals surface area contributed by atoms with Crippen LogP contribution >= 0.6 is 0 Å². The molecule has 0 unspecified atom stereocenters. The van der Waals surface area contributed by atoms with E-state index in [1.807, 2.05) is 6.07 Å². The lowest BCUT2D eigenvalue weighted by atomic mass is 10.2. The minimum Gasteiger partial charge on any atom is -0.451 e. The lowest BCUT2D eigenvalue weighted by molar-refractivity contribution is -0.384. The van der Waals surface area contributed by atoms with Gasteiger partial charge in [0, 0.05) is 17.1 Å². The second kappa shape index (κ2) is 5.09. The third-order valence-corrected chi connectivity index (χ3v) is 2.97. The number of benzene rings is 2. The molecular formula is C15H10N2O4. The molecule has 0 bridgehead atoms. The van der Waals surface area contributed by atoms with E-state index in [-0.39, 0.29) is 11.4 Å². The Morgan fingerprint density at radius 2 is 1.86 bits per heavy atom. The van der Waals surface area contributed by atoms with Crippen molar-refractivity contribution in [3.63, 3.8) is 0 Å². The molecule has 0 radical (unpaired) electrons. The molecule has 0 spiro atoms. The maximum absolute atomic E-state index is 12.1. The lowest BCUT2D eigenvalue weighted by Gasteiger charge is -2.01. The molecule has 1 heterocycles. The van der Waals surface area contributed by atoms with E-state index in [1.54, 1.807) is 36.4 Å². The van der Waals surface area contributed by atoms with Gasteiger partial charge in [0.15, 0.2) is 5.76 Å². The standard InChI is InChI=1S/C15H10N2O4/c18-15(16-11-4-2-1-3-5-11)14-8-10-6-7-12(17(19)20)9-13(10)21-14/h1-9H,(H,16,18). The Kier molecular flexibility index (Phi) is 3.12. The molecule has 1 N–H and O–H groups in total. The highest BCUT2D eigenvalue weighted by Gasteiger charge is 2.15. The number of nitro groups is 1. The van der Waals surface area contributed by atoms with Crippen molar-refractivity contribution in [2.75, 3.05) is 5.32 Å². The molecule has 0 saturated carbocycles. The SMILES string of the molecule is O=C(Nc1ccccc1)c1cc2ccc([N+](=O)[O-])cc2o1. The molecule has 0 aliphatic carbocycles. The van der Waals surface area contributed by atoms with Gasteiger partial charge >= 0.3 is 0 Å². The van der Waals surface area contributed by atoms with Gasteiger partial charge in [-0.1, -0.05) is 18.2 Å². The summed E-state index contributed by atoms with van der Waals surface area (Å²) in [5, 5.41) is 14.0. The monoisotopic (exact) mass is 282 g/mol. The molecule has 1 amide bonds. The van der Waals surface area contributed by atoms with Crippen LogP contribution in [0.3, 0.4) is 0 Å². The topological polar surface area (TPSA) is 85.4 Å². The molecule has 3 rings (SSSR count). The number of amides is 1. The van der Waals surface area contributed by atoms with E-state index in [0.29, 0.717) is 16.7 Å². The number of nitrogens with one attached hydrogen (secondary N) is 1. The fourth-order valence-corrected chi connectivity index (χ4v) is 1.96. The molecule has 6 heteroatoms. The number of carbonyl (C=O) groups is 1. The van der Waals surface area contributed by atoms with Crippen LogP contribution in [0.5, 0.6) is 0 Å². The Morgan fingerprint density at radius 3 is 2.57 bits per heavy atom. The van der Waals surface area contributed by atoms with Crippen molar-refractivity contribution in [3.05, 3.63) is 70.5 Å². The van der Waals surface area contributed by atoms with Crippen LogP contribution in [0.15, 0.2) is 59.0 Å². The van der Waals surface area contributed by atoms with E-state index in [9.17, 15) is 14.9 Å². The van der Waals surface area contributed by atoms with Crippen molar-refractivity contribution in [2.45, 2.75) is 0 Å². The molecule has 6 nitrogen and oxygen atoms in total. The number of nitrogens with zero attached hydrogens (tertiary/aromatic N) is 1. The predicted molar refractivity (Wildman–Crippen MR) is 77.3 cm³/mol. The first kappa shape index (κ1) is 12.9. The van der Waals surface area contributed by atoms with Gasteiger partial charge in [-0.2, -0.15) is 0 Å². The average Bonchev–Trinajstić information content (AvgIpc) is 2.91. The fraction of sp³-hybridized carbons (Fsp3) is 0. The number of non-ortho nitro benzene ring substituents is 1. The number of para-hydroxylation sites is 1. The number of fused-ring (bicyclic) bond motifs is 1. The minimum atomic E-state index is -0.508. The number of hydrogen-bond acceptors (Lipinski definition) is 4. The summed E-state index contributed by atoms with van der Waals surface area (Å²) >= 11 is 0. The molecule has 0 aliphatic heterocycles. The van der Waals surface area contributed by atoms with Gasteiger partial charge in [0.05, 0.1) is 11.0 Å². The first-order valence-electron chi connectivity index (χ1n) is 6.18. The number of nitro benzene ring substituents is 1. The maximum Gasteiger partial charge on any atom is 0.291 e. The second-order valence-electron chi connectivity index (χ2n) is 4.41. The number of hydrogen-bond donors (Lipinski definition) is 1. The first-order chi connectivity index (χ1) is 10.1. The third kappa shape index (κ3) is 2.59. The molecule has 104 valence electrons.